The molecule has 5 heteroatoms. The van der Waals surface area contributed by atoms with Gasteiger partial charge in [0, 0.05) is 23.4 Å². The molecule has 1 aliphatic rings. The third-order valence-corrected chi connectivity index (χ3v) is 6.26. The fourth-order valence-electron chi connectivity index (χ4n) is 3.61. The lowest BCUT2D eigenvalue weighted by Gasteiger charge is -2.24. The predicted molar refractivity (Wildman–Crippen MR) is 112 cm³/mol. The molecule has 0 aliphatic carbocycles. The molecule has 138 valence electrons. The second-order valence-corrected chi connectivity index (χ2v) is 7.93. The predicted octanol–water partition coefficient (Wildman–Crippen LogP) is 5.38. The van der Waals surface area contributed by atoms with Crippen LogP contribution in [-0.4, -0.2) is 28.3 Å². The summed E-state index contributed by atoms with van der Waals surface area (Å²) in [4.78, 5) is 15.3. The number of rotatable bonds is 3. The minimum Gasteiger partial charge on any atom is -0.355 e. The fourth-order valence-corrected chi connectivity index (χ4v) is 4.87. The molecule has 3 aromatic carbocycles. The van der Waals surface area contributed by atoms with Crippen molar-refractivity contribution in [3.8, 4) is 11.3 Å². The fraction of sp³-hybridized carbons (Fsp3) is 0.130. The first-order valence-electron chi connectivity index (χ1n) is 9.23. The van der Waals surface area contributed by atoms with Crippen LogP contribution in [0.15, 0.2) is 83.4 Å². The van der Waals surface area contributed by atoms with Crippen molar-refractivity contribution < 1.29 is 9.32 Å². The molecule has 0 saturated carbocycles. The lowest BCUT2D eigenvalue weighted by Crippen LogP contribution is -2.30. The Hall–Kier alpha value is -3.05. The van der Waals surface area contributed by atoms with Crippen LogP contribution in [0.5, 0.6) is 0 Å². The molecule has 1 amide bonds. The van der Waals surface area contributed by atoms with E-state index in [1.54, 1.807) is 11.8 Å². The summed E-state index contributed by atoms with van der Waals surface area (Å²) in [6.07, 6.45) is 0. The highest BCUT2D eigenvalue weighted by molar-refractivity contribution is 7.99. The smallest absolute Gasteiger partial charge is 0.255 e. The number of carbonyl (C=O) groups excluding carboxylic acids is 1. The number of benzene rings is 3. The van der Waals surface area contributed by atoms with Crippen LogP contribution < -0.4 is 0 Å². The Morgan fingerprint density at radius 2 is 1.75 bits per heavy atom. The number of amides is 1. The number of hydrogen-bond acceptors (Lipinski definition) is 4. The zero-order valence-electron chi connectivity index (χ0n) is 15.1. The first-order chi connectivity index (χ1) is 13.8. The molecule has 4 aromatic rings. The molecule has 4 nitrogen and oxygen atoms in total. The van der Waals surface area contributed by atoms with Crippen molar-refractivity contribution >= 4 is 28.6 Å². The Labute approximate surface area is 167 Å². The van der Waals surface area contributed by atoms with Gasteiger partial charge in [-0.05, 0) is 23.8 Å². The number of carbonyl (C=O) groups is 1. The van der Waals surface area contributed by atoms with Crippen LogP contribution in [0.4, 0.5) is 0 Å². The molecule has 0 spiro atoms. The summed E-state index contributed by atoms with van der Waals surface area (Å²) in [7, 11) is 0. The molecule has 1 aliphatic heterocycles. The van der Waals surface area contributed by atoms with E-state index < -0.39 is 0 Å². The first-order valence-corrected chi connectivity index (χ1v) is 10.3. The largest absolute Gasteiger partial charge is 0.355 e. The summed E-state index contributed by atoms with van der Waals surface area (Å²) < 4.78 is 5.57. The molecule has 0 bridgehead atoms. The van der Waals surface area contributed by atoms with E-state index in [2.05, 4.69) is 17.3 Å². The molecule has 0 N–H and O–H groups in total. The van der Waals surface area contributed by atoms with Gasteiger partial charge in [-0.2, -0.15) is 0 Å². The van der Waals surface area contributed by atoms with Gasteiger partial charge in [-0.1, -0.05) is 65.8 Å². The molecule has 0 radical (unpaired) electrons. The second-order valence-electron chi connectivity index (χ2n) is 6.74. The van der Waals surface area contributed by atoms with Crippen molar-refractivity contribution in [1.82, 2.24) is 10.1 Å². The van der Waals surface area contributed by atoms with Crippen molar-refractivity contribution in [2.24, 2.45) is 0 Å². The molecule has 2 heterocycles. The maximum atomic E-state index is 13.3. The highest BCUT2D eigenvalue weighted by Crippen LogP contribution is 2.39. The van der Waals surface area contributed by atoms with Crippen LogP contribution in [0.3, 0.4) is 0 Å². The summed E-state index contributed by atoms with van der Waals surface area (Å²) in [5.41, 5.74) is 3.53. The van der Waals surface area contributed by atoms with Crippen LogP contribution >= 0.6 is 11.8 Å². The maximum absolute atomic E-state index is 13.3. The molecule has 1 unspecified atom stereocenters. The zero-order chi connectivity index (χ0) is 18.9. The lowest BCUT2D eigenvalue weighted by molar-refractivity contribution is 0.0760. The summed E-state index contributed by atoms with van der Waals surface area (Å²) >= 11 is 1.81. The van der Waals surface area contributed by atoms with E-state index >= 15 is 0 Å². The number of fused-ring (bicyclic) bond motifs is 1. The molecule has 1 fully saturated rings. The average molecular weight is 386 g/mol. The van der Waals surface area contributed by atoms with Crippen molar-refractivity contribution in [2.45, 2.75) is 5.37 Å². The summed E-state index contributed by atoms with van der Waals surface area (Å²) in [6.45, 7) is 0.746. The Morgan fingerprint density at radius 3 is 2.54 bits per heavy atom. The van der Waals surface area contributed by atoms with E-state index in [9.17, 15) is 4.79 Å². The van der Waals surface area contributed by atoms with E-state index in [-0.39, 0.29) is 11.3 Å². The Bertz CT molecular complexity index is 1130. The maximum Gasteiger partial charge on any atom is 0.255 e. The molecular weight excluding hydrogens is 368 g/mol. The van der Waals surface area contributed by atoms with Gasteiger partial charge in [0.2, 0.25) is 0 Å². The van der Waals surface area contributed by atoms with Crippen LogP contribution in [0, 0.1) is 0 Å². The normalized spacial score (nSPS) is 16.6. The SMILES string of the molecule is O=C(c1ccc2noc(-c3ccccc3)c2c1)N1CCSC1c1ccccc1. The summed E-state index contributed by atoms with van der Waals surface area (Å²) in [6, 6.07) is 25.7. The van der Waals surface area contributed by atoms with Crippen LogP contribution in [0.2, 0.25) is 0 Å². The van der Waals surface area contributed by atoms with Gasteiger partial charge in [-0.25, -0.2) is 0 Å². The van der Waals surface area contributed by atoms with Crippen molar-refractivity contribution in [2.75, 3.05) is 12.3 Å². The van der Waals surface area contributed by atoms with Gasteiger partial charge >= 0.3 is 0 Å². The van der Waals surface area contributed by atoms with E-state index in [1.165, 1.54) is 0 Å². The monoisotopic (exact) mass is 386 g/mol. The van der Waals surface area contributed by atoms with E-state index in [0.717, 1.165) is 34.3 Å². The minimum absolute atomic E-state index is 0.0426. The standard InChI is InChI=1S/C23H18N2O2S/c26-22(25-13-14-28-23(25)17-9-5-2-6-10-17)18-11-12-20-19(15-18)21(27-24-20)16-7-3-1-4-8-16/h1-12,15,23H,13-14H2. The Morgan fingerprint density at radius 1 is 1.00 bits per heavy atom. The topological polar surface area (TPSA) is 46.3 Å². The van der Waals surface area contributed by atoms with Gasteiger partial charge in [0.25, 0.3) is 5.91 Å². The number of nitrogens with zero attached hydrogens (tertiary/aromatic N) is 2. The van der Waals surface area contributed by atoms with E-state index in [1.807, 2.05) is 71.6 Å². The first kappa shape index (κ1) is 17.1. The van der Waals surface area contributed by atoms with Crippen LogP contribution in [0.25, 0.3) is 22.2 Å². The molecule has 1 aromatic heterocycles. The zero-order valence-corrected chi connectivity index (χ0v) is 15.9. The molecule has 28 heavy (non-hydrogen) atoms. The van der Waals surface area contributed by atoms with Crippen molar-refractivity contribution in [3.63, 3.8) is 0 Å². The molecular formula is C23H18N2O2S. The Balaban J connectivity index is 1.51. The summed E-state index contributed by atoms with van der Waals surface area (Å²) in [5, 5.41) is 5.07. The van der Waals surface area contributed by atoms with Gasteiger partial charge in [0.1, 0.15) is 10.9 Å². The van der Waals surface area contributed by atoms with E-state index in [0.29, 0.717) is 11.3 Å². The number of aromatic nitrogens is 1. The van der Waals surface area contributed by atoms with Gasteiger partial charge in [0.05, 0.1) is 5.39 Å². The highest BCUT2D eigenvalue weighted by Gasteiger charge is 2.31. The van der Waals surface area contributed by atoms with Gasteiger partial charge in [-0.3, -0.25) is 4.79 Å². The van der Waals surface area contributed by atoms with Gasteiger partial charge in [-0.15, -0.1) is 11.8 Å². The quantitative estimate of drug-likeness (QED) is 0.474. The van der Waals surface area contributed by atoms with E-state index in [4.69, 9.17) is 4.52 Å². The van der Waals surface area contributed by atoms with Crippen molar-refractivity contribution in [3.05, 3.63) is 90.0 Å². The number of thioether (sulfide) groups is 1. The number of hydrogen-bond donors (Lipinski definition) is 0. The minimum atomic E-state index is 0.0426. The molecule has 5 rings (SSSR count). The average Bonchev–Trinajstić information content (AvgIpc) is 3.41. The van der Waals surface area contributed by atoms with Crippen LogP contribution in [0.1, 0.15) is 21.3 Å². The third-order valence-electron chi connectivity index (χ3n) is 5.00. The van der Waals surface area contributed by atoms with Gasteiger partial charge in [0.15, 0.2) is 5.76 Å². The second kappa shape index (κ2) is 7.17. The van der Waals surface area contributed by atoms with Crippen LogP contribution in [-0.2, 0) is 0 Å². The van der Waals surface area contributed by atoms with Crippen molar-refractivity contribution in [1.29, 1.82) is 0 Å². The molecule has 1 atom stereocenters. The Kier molecular flexibility index (Phi) is 4.37. The summed E-state index contributed by atoms with van der Waals surface area (Å²) in [5.74, 6) is 1.68. The third kappa shape index (κ3) is 2.98. The van der Waals surface area contributed by atoms with Gasteiger partial charge < -0.3 is 9.42 Å². The highest BCUT2D eigenvalue weighted by atomic mass is 32.2. The lowest BCUT2D eigenvalue weighted by atomic mass is 10.1. The molecule has 1 saturated heterocycles.